The van der Waals surface area contributed by atoms with Gasteiger partial charge >= 0.3 is 6.03 Å². The van der Waals surface area contributed by atoms with E-state index in [9.17, 15) is 14.4 Å². The molecule has 6 nitrogen and oxygen atoms in total. The Morgan fingerprint density at radius 2 is 1.90 bits per heavy atom. The average molecular weight is 295 g/mol. The molecule has 1 saturated heterocycles. The molecule has 2 rings (SSSR count). The van der Waals surface area contributed by atoms with E-state index < -0.39 is 11.6 Å². The van der Waals surface area contributed by atoms with Crippen LogP contribution in [0.25, 0.3) is 0 Å². The number of nitrogens with one attached hydrogen (secondary N) is 2. The van der Waals surface area contributed by atoms with Crippen LogP contribution in [0.3, 0.4) is 0 Å². The fraction of sp³-hybridized carbons (Fsp3) is 0.800. The first kappa shape index (κ1) is 15.8. The first-order valence-corrected chi connectivity index (χ1v) is 7.90. The van der Waals surface area contributed by atoms with Crippen molar-refractivity contribution in [3.05, 3.63) is 0 Å². The summed E-state index contributed by atoms with van der Waals surface area (Å²) < 4.78 is 0. The van der Waals surface area contributed by atoms with E-state index >= 15 is 0 Å². The second-order valence-electron chi connectivity index (χ2n) is 6.23. The number of hydrogen-bond acceptors (Lipinski definition) is 3. The van der Waals surface area contributed by atoms with Gasteiger partial charge in [-0.05, 0) is 26.2 Å². The second-order valence-corrected chi connectivity index (χ2v) is 6.23. The molecule has 0 spiro atoms. The number of hydrogen-bond donors (Lipinski definition) is 2. The lowest BCUT2D eigenvalue weighted by Crippen LogP contribution is -2.51. The zero-order valence-electron chi connectivity index (χ0n) is 12.9. The maximum absolute atomic E-state index is 12.2. The van der Waals surface area contributed by atoms with Gasteiger partial charge in [0, 0.05) is 6.04 Å². The van der Waals surface area contributed by atoms with Crippen LogP contribution in [-0.4, -0.2) is 40.9 Å². The predicted octanol–water partition coefficient (Wildman–Crippen LogP) is 1.55. The Balaban J connectivity index is 1.94. The number of rotatable bonds is 4. The fourth-order valence-electron chi connectivity index (χ4n) is 3.08. The van der Waals surface area contributed by atoms with E-state index in [1.807, 2.05) is 6.92 Å². The van der Waals surface area contributed by atoms with Crippen LogP contribution in [0.5, 0.6) is 0 Å². The van der Waals surface area contributed by atoms with Crippen molar-refractivity contribution in [1.82, 2.24) is 15.5 Å². The van der Waals surface area contributed by atoms with Crippen molar-refractivity contribution in [2.24, 2.45) is 0 Å². The fourth-order valence-corrected chi connectivity index (χ4v) is 3.08. The average Bonchev–Trinajstić information content (AvgIpc) is 2.66. The first-order valence-electron chi connectivity index (χ1n) is 7.90. The third kappa shape index (κ3) is 3.36. The summed E-state index contributed by atoms with van der Waals surface area (Å²) in [4.78, 5) is 37.3. The smallest absolute Gasteiger partial charge is 0.325 e. The molecule has 0 aromatic heterocycles. The van der Waals surface area contributed by atoms with E-state index in [1.54, 1.807) is 6.92 Å². The van der Waals surface area contributed by atoms with Crippen molar-refractivity contribution < 1.29 is 14.4 Å². The number of carbonyl (C=O) groups is 3. The van der Waals surface area contributed by atoms with Gasteiger partial charge in [0.05, 0.1) is 0 Å². The third-order valence-corrected chi connectivity index (χ3v) is 4.76. The summed E-state index contributed by atoms with van der Waals surface area (Å²) in [5.74, 6) is -0.497. The van der Waals surface area contributed by atoms with Gasteiger partial charge in [-0.3, -0.25) is 14.9 Å². The van der Waals surface area contributed by atoms with Gasteiger partial charge in [0.15, 0.2) is 0 Å². The zero-order valence-corrected chi connectivity index (χ0v) is 12.9. The number of imide groups is 1. The van der Waals surface area contributed by atoms with E-state index in [2.05, 4.69) is 10.6 Å². The molecule has 1 aliphatic carbocycles. The topological polar surface area (TPSA) is 78.5 Å². The summed E-state index contributed by atoms with van der Waals surface area (Å²) in [5.41, 5.74) is -0.919. The minimum absolute atomic E-state index is 0.0571. The molecule has 0 radical (unpaired) electrons. The number of carbonyl (C=O) groups excluding carboxylic acids is 3. The van der Waals surface area contributed by atoms with Crippen LogP contribution in [0.1, 0.15) is 58.8 Å². The van der Waals surface area contributed by atoms with E-state index in [0.717, 1.165) is 25.7 Å². The molecule has 2 fully saturated rings. The predicted molar refractivity (Wildman–Crippen MR) is 78.6 cm³/mol. The SMILES string of the molecule is CCC1(C)C(=O)NC(=O)N1CC(=O)NC1CCCCCC1. The van der Waals surface area contributed by atoms with Crippen molar-refractivity contribution in [2.45, 2.75) is 70.4 Å². The Hall–Kier alpha value is -1.59. The quantitative estimate of drug-likeness (QED) is 0.610. The lowest BCUT2D eigenvalue weighted by molar-refractivity contribution is -0.128. The minimum Gasteiger partial charge on any atom is -0.352 e. The Bertz CT molecular complexity index is 430. The molecule has 1 atom stereocenters. The van der Waals surface area contributed by atoms with Gasteiger partial charge in [-0.2, -0.15) is 0 Å². The molecule has 0 bridgehead atoms. The highest BCUT2D eigenvalue weighted by molar-refractivity contribution is 6.07. The van der Waals surface area contributed by atoms with Crippen molar-refractivity contribution in [1.29, 1.82) is 0 Å². The highest BCUT2D eigenvalue weighted by Crippen LogP contribution is 2.25. The summed E-state index contributed by atoms with van der Waals surface area (Å²) in [7, 11) is 0. The van der Waals surface area contributed by atoms with Gasteiger partial charge in [0.25, 0.3) is 5.91 Å². The van der Waals surface area contributed by atoms with E-state index in [4.69, 9.17) is 0 Å². The van der Waals surface area contributed by atoms with Gasteiger partial charge in [-0.15, -0.1) is 0 Å². The highest BCUT2D eigenvalue weighted by atomic mass is 16.2. The molecule has 1 saturated carbocycles. The van der Waals surface area contributed by atoms with Crippen LogP contribution in [0.2, 0.25) is 0 Å². The van der Waals surface area contributed by atoms with Crippen molar-refractivity contribution in [2.75, 3.05) is 6.54 Å². The molecule has 6 heteroatoms. The van der Waals surface area contributed by atoms with Gasteiger partial charge < -0.3 is 10.2 Å². The molecule has 0 aromatic carbocycles. The van der Waals surface area contributed by atoms with Gasteiger partial charge in [-0.1, -0.05) is 32.6 Å². The second kappa shape index (κ2) is 6.45. The van der Waals surface area contributed by atoms with Crippen LogP contribution in [-0.2, 0) is 9.59 Å². The Morgan fingerprint density at radius 3 is 2.48 bits per heavy atom. The molecule has 0 aromatic rings. The standard InChI is InChI=1S/C15H25N3O3/c1-3-15(2)13(20)17-14(21)18(15)10-12(19)16-11-8-6-4-5-7-9-11/h11H,3-10H2,1-2H3,(H,16,19)(H,17,20,21). The van der Waals surface area contributed by atoms with Gasteiger partial charge in [0.1, 0.15) is 12.1 Å². The highest BCUT2D eigenvalue weighted by Gasteiger charge is 2.48. The third-order valence-electron chi connectivity index (χ3n) is 4.76. The molecule has 2 aliphatic rings. The van der Waals surface area contributed by atoms with E-state index in [0.29, 0.717) is 6.42 Å². The lowest BCUT2D eigenvalue weighted by atomic mass is 9.97. The minimum atomic E-state index is -0.919. The largest absolute Gasteiger partial charge is 0.352 e. The molecule has 1 unspecified atom stereocenters. The molecule has 2 N–H and O–H groups in total. The maximum Gasteiger partial charge on any atom is 0.325 e. The normalized spacial score (nSPS) is 27.4. The molecule has 1 heterocycles. The maximum atomic E-state index is 12.2. The first-order chi connectivity index (χ1) is 9.97. The molecule has 21 heavy (non-hydrogen) atoms. The summed E-state index contributed by atoms with van der Waals surface area (Å²) in [5, 5.41) is 5.31. The molecule has 118 valence electrons. The van der Waals surface area contributed by atoms with Crippen molar-refractivity contribution in [3.63, 3.8) is 0 Å². The lowest BCUT2D eigenvalue weighted by Gasteiger charge is -2.30. The van der Waals surface area contributed by atoms with Crippen LogP contribution in [0.15, 0.2) is 0 Å². The molecule has 4 amide bonds. The van der Waals surface area contributed by atoms with Gasteiger partial charge in [0.2, 0.25) is 5.91 Å². The Labute approximate surface area is 125 Å². The number of amides is 4. The van der Waals surface area contributed by atoms with Crippen molar-refractivity contribution >= 4 is 17.8 Å². The number of urea groups is 1. The summed E-state index contributed by atoms with van der Waals surface area (Å²) in [6.45, 7) is 3.49. The van der Waals surface area contributed by atoms with Crippen LogP contribution in [0.4, 0.5) is 4.79 Å². The monoisotopic (exact) mass is 295 g/mol. The molecule has 1 aliphatic heterocycles. The Morgan fingerprint density at radius 1 is 1.29 bits per heavy atom. The summed E-state index contributed by atoms with van der Waals surface area (Å²) >= 11 is 0. The van der Waals surface area contributed by atoms with Crippen LogP contribution in [0, 0.1) is 0 Å². The van der Waals surface area contributed by atoms with Crippen LogP contribution >= 0.6 is 0 Å². The Kier molecular flexibility index (Phi) is 4.85. The van der Waals surface area contributed by atoms with Crippen molar-refractivity contribution in [3.8, 4) is 0 Å². The summed E-state index contributed by atoms with van der Waals surface area (Å²) in [6, 6.07) is -0.269. The summed E-state index contributed by atoms with van der Waals surface area (Å²) in [6.07, 6.45) is 7.22. The molecular formula is C15H25N3O3. The van der Waals surface area contributed by atoms with E-state index in [-0.39, 0.29) is 24.4 Å². The zero-order chi connectivity index (χ0) is 15.5. The van der Waals surface area contributed by atoms with Gasteiger partial charge in [-0.25, -0.2) is 4.79 Å². The number of nitrogens with zero attached hydrogens (tertiary/aromatic N) is 1. The van der Waals surface area contributed by atoms with E-state index in [1.165, 1.54) is 17.7 Å². The molecular weight excluding hydrogens is 270 g/mol. The van der Waals surface area contributed by atoms with Crippen LogP contribution < -0.4 is 10.6 Å².